The van der Waals surface area contributed by atoms with E-state index in [4.69, 9.17) is 5.73 Å². The average Bonchev–Trinajstić information content (AvgIpc) is 2.28. The number of nitrogens with one attached hydrogen (secondary N) is 1. The quantitative estimate of drug-likeness (QED) is 0.807. The average molecular weight is 216 g/mol. The predicted octanol–water partition coefficient (Wildman–Crippen LogP) is 2.11. The van der Waals surface area contributed by atoms with E-state index in [1.54, 1.807) is 0 Å². The Balaban J connectivity index is 2.71. The van der Waals surface area contributed by atoms with E-state index in [0.29, 0.717) is 12.5 Å². The molecular formula is C13H16N2O. The lowest BCUT2D eigenvalue weighted by atomic mass is 10.00. The maximum Gasteiger partial charge on any atom is 0.256 e. The second-order valence-corrected chi connectivity index (χ2v) is 4.33. The van der Waals surface area contributed by atoms with E-state index >= 15 is 0 Å². The van der Waals surface area contributed by atoms with Crippen LogP contribution in [0.4, 0.5) is 0 Å². The van der Waals surface area contributed by atoms with Crippen LogP contribution in [0.1, 0.15) is 31.0 Å². The Hall–Kier alpha value is -1.61. The fourth-order valence-electron chi connectivity index (χ4n) is 1.80. The van der Waals surface area contributed by atoms with Crippen molar-refractivity contribution in [3.8, 4) is 0 Å². The maximum atomic E-state index is 11.8. The summed E-state index contributed by atoms with van der Waals surface area (Å²) in [5.41, 5.74) is 7.41. The van der Waals surface area contributed by atoms with E-state index in [-0.39, 0.29) is 5.56 Å². The lowest BCUT2D eigenvalue weighted by molar-refractivity contribution is 0.868. The minimum absolute atomic E-state index is 0.0551. The molecule has 0 aliphatic carbocycles. The fraction of sp³-hybridized carbons (Fsp3) is 0.308. The highest BCUT2D eigenvalue weighted by Crippen LogP contribution is 2.19. The molecule has 0 aliphatic rings. The number of benzene rings is 1. The number of fused-ring (bicyclic) bond motifs is 1. The lowest BCUT2D eigenvalue weighted by Crippen LogP contribution is -2.12. The number of aromatic nitrogens is 1. The highest BCUT2D eigenvalue weighted by molar-refractivity contribution is 5.82. The van der Waals surface area contributed by atoms with Crippen LogP contribution in [0.2, 0.25) is 0 Å². The highest BCUT2D eigenvalue weighted by atomic mass is 16.1. The molecule has 0 saturated carbocycles. The zero-order chi connectivity index (χ0) is 11.7. The van der Waals surface area contributed by atoms with Crippen molar-refractivity contribution < 1.29 is 0 Å². The van der Waals surface area contributed by atoms with Crippen LogP contribution < -0.4 is 11.3 Å². The molecule has 3 heteroatoms. The number of hydrogen-bond acceptors (Lipinski definition) is 2. The topological polar surface area (TPSA) is 58.9 Å². The van der Waals surface area contributed by atoms with E-state index < -0.39 is 0 Å². The molecule has 0 unspecified atom stereocenters. The number of pyridine rings is 1. The second kappa shape index (κ2) is 4.10. The van der Waals surface area contributed by atoms with Crippen molar-refractivity contribution in [3.63, 3.8) is 0 Å². The summed E-state index contributed by atoms with van der Waals surface area (Å²) in [5, 5.41) is 1.69. The van der Waals surface area contributed by atoms with E-state index in [1.165, 1.54) is 5.56 Å². The third kappa shape index (κ3) is 1.86. The van der Waals surface area contributed by atoms with Crippen molar-refractivity contribution in [2.24, 2.45) is 5.73 Å². The zero-order valence-corrected chi connectivity index (χ0v) is 9.58. The first-order chi connectivity index (χ1) is 7.61. The summed E-state index contributed by atoms with van der Waals surface area (Å²) in [7, 11) is 0. The molecule has 0 aliphatic heterocycles. The van der Waals surface area contributed by atoms with E-state index in [2.05, 4.69) is 24.9 Å². The normalized spacial score (nSPS) is 11.2. The highest BCUT2D eigenvalue weighted by Gasteiger charge is 2.04. The first-order valence-corrected chi connectivity index (χ1v) is 5.47. The lowest BCUT2D eigenvalue weighted by Gasteiger charge is -2.07. The van der Waals surface area contributed by atoms with Crippen LogP contribution in [0.5, 0.6) is 0 Å². The number of aromatic amines is 1. The Morgan fingerprint density at radius 1 is 1.31 bits per heavy atom. The van der Waals surface area contributed by atoms with Crippen LogP contribution in [0.15, 0.2) is 29.1 Å². The molecule has 0 atom stereocenters. The van der Waals surface area contributed by atoms with Crippen molar-refractivity contribution in [2.75, 3.05) is 0 Å². The first-order valence-electron chi connectivity index (χ1n) is 5.47. The Bertz CT molecular complexity index is 570. The molecule has 84 valence electrons. The van der Waals surface area contributed by atoms with Gasteiger partial charge in [0.25, 0.3) is 5.56 Å². The van der Waals surface area contributed by atoms with Crippen LogP contribution in [0, 0.1) is 0 Å². The summed E-state index contributed by atoms with van der Waals surface area (Å²) in [6.45, 7) is 4.59. The molecule has 2 rings (SSSR count). The van der Waals surface area contributed by atoms with Crippen molar-refractivity contribution in [2.45, 2.75) is 26.3 Å². The molecular weight excluding hydrogens is 200 g/mol. The standard InChI is InChI=1S/C13H16N2O/c1-8(2)9-3-4-10-5-11(7-14)15-13(16)12(10)6-9/h3-6,8H,7,14H2,1-2H3,(H,15,16). The minimum Gasteiger partial charge on any atom is -0.325 e. The van der Waals surface area contributed by atoms with Gasteiger partial charge in [0.05, 0.1) is 0 Å². The number of hydrogen-bond donors (Lipinski definition) is 2. The Kier molecular flexibility index (Phi) is 2.79. The van der Waals surface area contributed by atoms with Crippen LogP contribution in [0.25, 0.3) is 10.8 Å². The van der Waals surface area contributed by atoms with Crippen molar-refractivity contribution in [1.82, 2.24) is 4.98 Å². The molecule has 0 saturated heterocycles. The largest absolute Gasteiger partial charge is 0.325 e. The molecule has 3 N–H and O–H groups in total. The van der Waals surface area contributed by atoms with Crippen molar-refractivity contribution in [1.29, 1.82) is 0 Å². The van der Waals surface area contributed by atoms with Gasteiger partial charge in [0.1, 0.15) is 0 Å². The predicted molar refractivity (Wildman–Crippen MR) is 66.5 cm³/mol. The molecule has 0 radical (unpaired) electrons. The van der Waals surface area contributed by atoms with Gasteiger partial charge in [0.2, 0.25) is 0 Å². The summed E-state index contributed by atoms with van der Waals surface area (Å²) in [6.07, 6.45) is 0. The van der Waals surface area contributed by atoms with E-state index in [9.17, 15) is 4.79 Å². The summed E-state index contributed by atoms with van der Waals surface area (Å²) < 4.78 is 0. The van der Waals surface area contributed by atoms with Gasteiger partial charge in [-0.05, 0) is 29.0 Å². The molecule has 16 heavy (non-hydrogen) atoms. The molecule has 0 spiro atoms. The Morgan fingerprint density at radius 2 is 2.06 bits per heavy atom. The molecule has 0 amide bonds. The van der Waals surface area contributed by atoms with Crippen LogP contribution in [0.3, 0.4) is 0 Å². The van der Waals surface area contributed by atoms with Gasteiger partial charge < -0.3 is 10.7 Å². The second-order valence-electron chi connectivity index (χ2n) is 4.33. The summed E-state index contributed by atoms with van der Waals surface area (Å²) in [5.74, 6) is 0.429. The Labute approximate surface area is 94.3 Å². The number of rotatable bonds is 2. The molecule has 0 bridgehead atoms. The van der Waals surface area contributed by atoms with Gasteiger partial charge in [-0.15, -0.1) is 0 Å². The van der Waals surface area contributed by atoms with Gasteiger partial charge in [-0.1, -0.05) is 26.0 Å². The molecule has 1 heterocycles. The third-order valence-electron chi connectivity index (χ3n) is 2.81. The van der Waals surface area contributed by atoms with Gasteiger partial charge in [-0.25, -0.2) is 0 Å². The zero-order valence-electron chi connectivity index (χ0n) is 9.58. The summed E-state index contributed by atoms with van der Waals surface area (Å²) in [4.78, 5) is 14.6. The van der Waals surface area contributed by atoms with Gasteiger partial charge >= 0.3 is 0 Å². The Morgan fingerprint density at radius 3 is 2.69 bits per heavy atom. The maximum absolute atomic E-state index is 11.8. The number of nitrogens with two attached hydrogens (primary N) is 1. The fourth-order valence-corrected chi connectivity index (χ4v) is 1.80. The molecule has 3 nitrogen and oxygen atoms in total. The summed E-state index contributed by atoms with van der Waals surface area (Å²) in [6, 6.07) is 7.94. The van der Waals surface area contributed by atoms with E-state index in [1.807, 2.05) is 18.2 Å². The van der Waals surface area contributed by atoms with Crippen LogP contribution >= 0.6 is 0 Å². The van der Waals surface area contributed by atoms with Crippen molar-refractivity contribution in [3.05, 3.63) is 45.9 Å². The minimum atomic E-state index is -0.0551. The van der Waals surface area contributed by atoms with E-state index in [0.717, 1.165) is 16.5 Å². The summed E-state index contributed by atoms with van der Waals surface area (Å²) >= 11 is 0. The van der Waals surface area contributed by atoms with Crippen LogP contribution in [-0.4, -0.2) is 4.98 Å². The monoisotopic (exact) mass is 216 g/mol. The smallest absolute Gasteiger partial charge is 0.256 e. The number of H-pyrrole nitrogens is 1. The van der Waals surface area contributed by atoms with Crippen LogP contribution in [-0.2, 0) is 6.54 Å². The molecule has 0 fully saturated rings. The van der Waals surface area contributed by atoms with Crippen molar-refractivity contribution >= 4 is 10.8 Å². The van der Waals surface area contributed by atoms with Gasteiger partial charge in [0.15, 0.2) is 0 Å². The molecule has 2 aromatic rings. The first kappa shape index (κ1) is 10.9. The third-order valence-corrected chi connectivity index (χ3v) is 2.81. The molecule has 1 aromatic heterocycles. The van der Waals surface area contributed by atoms with Gasteiger partial charge in [-0.2, -0.15) is 0 Å². The SMILES string of the molecule is CC(C)c1ccc2cc(CN)[nH]c(=O)c2c1. The van der Waals surface area contributed by atoms with Gasteiger partial charge in [-0.3, -0.25) is 4.79 Å². The van der Waals surface area contributed by atoms with Gasteiger partial charge in [0, 0.05) is 17.6 Å². The molecule has 1 aromatic carbocycles.